The zero-order chi connectivity index (χ0) is 27.0. The van der Waals surface area contributed by atoms with Gasteiger partial charge in [0.25, 0.3) is 0 Å². The third kappa shape index (κ3) is 5.12. The van der Waals surface area contributed by atoms with Gasteiger partial charge in [0.1, 0.15) is 23.9 Å². The van der Waals surface area contributed by atoms with E-state index in [2.05, 4.69) is 26.0 Å². The summed E-state index contributed by atoms with van der Waals surface area (Å²) in [5.74, 6) is -0.204. The van der Waals surface area contributed by atoms with E-state index in [1.807, 2.05) is 57.2 Å². The first-order valence-corrected chi connectivity index (χ1v) is 12.4. The largest absolute Gasteiger partial charge is 0.487 e. The van der Waals surface area contributed by atoms with E-state index in [0.717, 1.165) is 34.0 Å². The number of halogens is 2. The lowest BCUT2D eigenvalue weighted by atomic mass is 9.98. The lowest BCUT2D eigenvalue weighted by Crippen LogP contribution is -2.43. The number of benzene rings is 2. The number of fused-ring (bicyclic) bond motifs is 1. The molecular weight excluding hydrogens is 511 g/mol. The Labute approximate surface area is 223 Å². The van der Waals surface area contributed by atoms with E-state index in [1.54, 1.807) is 0 Å². The van der Waals surface area contributed by atoms with Crippen molar-refractivity contribution < 1.29 is 18.7 Å². The average molecular weight is 537 g/mol. The molecule has 3 heterocycles. The van der Waals surface area contributed by atoms with Crippen LogP contribution in [0.2, 0.25) is 5.02 Å². The quantitative estimate of drug-likeness (QED) is 0.327. The minimum atomic E-state index is -0.646. The summed E-state index contributed by atoms with van der Waals surface area (Å²) >= 11 is 6.66. The van der Waals surface area contributed by atoms with E-state index in [9.17, 15) is 14.0 Å². The molecule has 0 unspecified atom stereocenters. The molecule has 1 fully saturated rings. The normalized spacial score (nSPS) is 15.7. The van der Waals surface area contributed by atoms with Gasteiger partial charge in [-0.1, -0.05) is 29.8 Å². The van der Waals surface area contributed by atoms with Gasteiger partial charge in [0, 0.05) is 28.2 Å². The van der Waals surface area contributed by atoms with Crippen LogP contribution in [0, 0.1) is 19.7 Å². The molecule has 0 bridgehead atoms. The number of urea groups is 1. The second kappa shape index (κ2) is 10.3. The fourth-order valence-corrected chi connectivity index (χ4v) is 4.90. The van der Waals surface area contributed by atoms with Crippen molar-refractivity contribution in [2.24, 2.45) is 0 Å². The molecule has 0 saturated carbocycles. The Hall–Kier alpha value is -4.18. The lowest BCUT2D eigenvalue weighted by molar-refractivity contribution is -0.123. The lowest BCUT2D eigenvalue weighted by Gasteiger charge is -2.22. The number of nitrogens with one attached hydrogen (secondary N) is 3. The fraction of sp³-hybridized carbons (Fsp3) is 0.259. The van der Waals surface area contributed by atoms with Crippen molar-refractivity contribution in [2.75, 3.05) is 6.54 Å². The topological polar surface area (TPSA) is 110 Å². The number of carbonyl (C=O) groups is 2. The van der Waals surface area contributed by atoms with Crippen LogP contribution in [0.15, 0.2) is 48.8 Å². The highest BCUT2D eigenvalue weighted by Gasteiger charge is 2.28. The molecular formula is C27H26ClFN6O3. The summed E-state index contributed by atoms with van der Waals surface area (Å²) in [6.07, 6.45) is 2.46. The van der Waals surface area contributed by atoms with E-state index < -0.39 is 17.9 Å². The summed E-state index contributed by atoms with van der Waals surface area (Å²) in [5, 5.41) is 13.5. The van der Waals surface area contributed by atoms with E-state index in [1.165, 1.54) is 10.9 Å². The number of amides is 3. The number of aryl methyl sites for hydroxylation is 2. The van der Waals surface area contributed by atoms with Gasteiger partial charge in [0.05, 0.1) is 24.1 Å². The van der Waals surface area contributed by atoms with Gasteiger partial charge in [-0.15, -0.1) is 0 Å². The van der Waals surface area contributed by atoms with E-state index in [-0.39, 0.29) is 25.1 Å². The van der Waals surface area contributed by atoms with Gasteiger partial charge in [-0.25, -0.2) is 18.9 Å². The molecule has 5 rings (SSSR count). The first-order chi connectivity index (χ1) is 18.2. The van der Waals surface area contributed by atoms with Crippen LogP contribution in [-0.4, -0.2) is 39.3 Å². The molecule has 9 nitrogen and oxygen atoms in total. The molecule has 1 aliphatic heterocycles. The van der Waals surface area contributed by atoms with Crippen molar-refractivity contribution in [1.29, 1.82) is 0 Å². The Morgan fingerprint density at radius 3 is 2.84 bits per heavy atom. The van der Waals surface area contributed by atoms with Crippen LogP contribution in [0.5, 0.6) is 5.75 Å². The summed E-state index contributed by atoms with van der Waals surface area (Å²) < 4.78 is 21.4. The van der Waals surface area contributed by atoms with E-state index >= 15 is 0 Å². The molecule has 2 aromatic heterocycles. The number of aromatic nitrogens is 3. The average Bonchev–Trinajstić information content (AvgIpc) is 3.50. The molecule has 3 N–H and O–H groups in total. The third-order valence-electron chi connectivity index (χ3n) is 6.37. The number of rotatable bonds is 7. The van der Waals surface area contributed by atoms with Crippen molar-refractivity contribution in [3.8, 4) is 11.4 Å². The van der Waals surface area contributed by atoms with E-state index in [4.69, 9.17) is 16.3 Å². The van der Waals surface area contributed by atoms with Crippen molar-refractivity contribution in [2.45, 2.75) is 39.5 Å². The number of carbonyl (C=O) groups excluding carboxylic acids is 2. The molecule has 1 aliphatic rings. The van der Waals surface area contributed by atoms with Crippen molar-refractivity contribution in [1.82, 2.24) is 30.7 Å². The highest BCUT2D eigenvalue weighted by Crippen LogP contribution is 2.32. The van der Waals surface area contributed by atoms with Crippen LogP contribution < -0.4 is 20.7 Å². The molecule has 3 amide bonds. The third-order valence-corrected chi connectivity index (χ3v) is 6.70. The van der Waals surface area contributed by atoms with E-state index in [0.29, 0.717) is 22.0 Å². The molecule has 38 heavy (non-hydrogen) atoms. The Bertz CT molecular complexity index is 1560. The summed E-state index contributed by atoms with van der Waals surface area (Å²) in [7, 11) is 0. The molecule has 2 aromatic carbocycles. The minimum absolute atomic E-state index is 0.122. The van der Waals surface area contributed by atoms with Crippen LogP contribution in [-0.2, 0) is 11.4 Å². The number of ether oxygens (including phenoxy) is 1. The monoisotopic (exact) mass is 536 g/mol. The number of hydrogen-bond donors (Lipinski definition) is 3. The van der Waals surface area contributed by atoms with Gasteiger partial charge in [0.2, 0.25) is 5.91 Å². The minimum Gasteiger partial charge on any atom is -0.487 e. The maximum atomic E-state index is 13.7. The predicted molar refractivity (Wildman–Crippen MR) is 141 cm³/mol. The van der Waals surface area contributed by atoms with Crippen LogP contribution in [0.1, 0.15) is 35.3 Å². The van der Waals surface area contributed by atoms with Gasteiger partial charge in [0.15, 0.2) is 5.82 Å². The first-order valence-electron chi connectivity index (χ1n) is 12.1. The summed E-state index contributed by atoms with van der Waals surface area (Å²) in [5.41, 5.74) is 4.47. The summed E-state index contributed by atoms with van der Waals surface area (Å²) in [6, 6.07) is 9.74. The summed E-state index contributed by atoms with van der Waals surface area (Å²) in [6.45, 7) is 5.97. The molecule has 0 radical (unpaired) electrons. The summed E-state index contributed by atoms with van der Waals surface area (Å²) in [4.78, 5) is 28.8. The Balaban J connectivity index is 1.44. The van der Waals surface area contributed by atoms with Gasteiger partial charge < -0.3 is 20.7 Å². The maximum absolute atomic E-state index is 13.7. The Morgan fingerprint density at radius 2 is 2.13 bits per heavy atom. The second-order valence-corrected chi connectivity index (χ2v) is 9.69. The van der Waals surface area contributed by atoms with Gasteiger partial charge in [-0.2, -0.15) is 5.10 Å². The highest BCUT2D eigenvalue weighted by atomic mass is 35.5. The Morgan fingerprint density at radius 1 is 1.32 bits per heavy atom. The number of hydrogen-bond acceptors (Lipinski definition) is 5. The van der Waals surface area contributed by atoms with Gasteiger partial charge in [-0.05, 0) is 50.1 Å². The van der Waals surface area contributed by atoms with Gasteiger partial charge >= 0.3 is 6.03 Å². The molecule has 0 spiro atoms. The number of nitrogens with zero attached hydrogens (tertiary/aromatic N) is 3. The standard InChI is InChI=1S/C27H26ClFN6O3/c1-14-7-19(16(3)33-26(36)22-11-30-27(37)34-22)20(21(28)8-14)13-38-24-6-4-5-18-23(9-15(2)32-25(18)24)35-12-17(29)10-31-35/h4-10,12,16,22H,11,13H2,1-3H3,(H,33,36)(H2,30,34,37)/t16-,22-/m0/s1. The SMILES string of the molecule is Cc1cc(Cl)c(COc2cccc3c(-n4cc(F)cn4)cc(C)nc23)c([C@H](C)NC(=O)[C@@H]2CNC(=O)N2)c1. The van der Waals surface area contributed by atoms with Crippen molar-refractivity contribution in [3.63, 3.8) is 0 Å². The molecule has 11 heteroatoms. The van der Waals surface area contributed by atoms with Gasteiger partial charge in [-0.3, -0.25) is 4.79 Å². The maximum Gasteiger partial charge on any atom is 0.315 e. The molecule has 1 saturated heterocycles. The smallest absolute Gasteiger partial charge is 0.315 e. The molecule has 0 aliphatic carbocycles. The fourth-order valence-electron chi connectivity index (χ4n) is 4.56. The molecule has 196 valence electrons. The zero-order valence-electron chi connectivity index (χ0n) is 21.0. The van der Waals surface area contributed by atoms with Crippen LogP contribution in [0.4, 0.5) is 9.18 Å². The van der Waals surface area contributed by atoms with Crippen molar-refractivity contribution >= 4 is 34.4 Å². The highest BCUT2D eigenvalue weighted by molar-refractivity contribution is 6.31. The molecule has 2 atom stereocenters. The molecule has 4 aromatic rings. The van der Waals surface area contributed by atoms with Crippen LogP contribution in [0.3, 0.4) is 0 Å². The predicted octanol–water partition coefficient (Wildman–Crippen LogP) is 4.27. The van der Waals surface area contributed by atoms with Crippen molar-refractivity contribution in [3.05, 3.63) is 82.0 Å². The van der Waals surface area contributed by atoms with Crippen LogP contribution in [0.25, 0.3) is 16.6 Å². The number of pyridine rings is 1. The zero-order valence-corrected chi connectivity index (χ0v) is 21.8. The second-order valence-electron chi connectivity index (χ2n) is 9.28. The Kier molecular flexibility index (Phi) is 6.90. The first kappa shape index (κ1) is 25.5. The van der Waals surface area contributed by atoms with Crippen LogP contribution >= 0.6 is 11.6 Å². The number of para-hydroxylation sites is 1.